The Morgan fingerprint density at radius 3 is 2.65 bits per heavy atom. The van der Waals surface area contributed by atoms with Crippen molar-refractivity contribution in [2.24, 2.45) is 0 Å². The van der Waals surface area contributed by atoms with Crippen LogP contribution in [0.25, 0.3) is 0 Å². The molecule has 1 rings (SSSR count). The molecule has 1 aromatic heterocycles. The Morgan fingerprint density at radius 1 is 1.47 bits per heavy atom. The number of alkyl halides is 3. The Hall–Kier alpha value is -1.86. The van der Waals surface area contributed by atoms with Gasteiger partial charge in [-0.2, -0.15) is 13.2 Å². The van der Waals surface area contributed by atoms with Gasteiger partial charge in [0.2, 0.25) is 5.91 Å². The molecule has 0 radical (unpaired) electrons. The lowest BCUT2D eigenvalue weighted by atomic mass is 10.3. The van der Waals surface area contributed by atoms with Crippen molar-refractivity contribution < 1.29 is 18.0 Å². The number of nitrogens with zero attached hydrogens (tertiary/aromatic N) is 3. The van der Waals surface area contributed by atoms with Crippen LogP contribution in [0.2, 0.25) is 0 Å². The van der Waals surface area contributed by atoms with E-state index in [1.165, 1.54) is 12.5 Å². The van der Waals surface area contributed by atoms with Crippen LogP contribution in [-0.2, 0) is 4.79 Å². The van der Waals surface area contributed by atoms with E-state index in [-0.39, 0.29) is 5.69 Å². The number of carbonyl (C=O) groups excluding carboxylic acids is 1. The van der Waals surface area contributed by atoms with E-state index in [1.807, 2.05) is 0 Å². The van der Waals surface area contributed by atoms with Gasteiger partial charge in [-0.25, -0.2) is 9.97 Å². The van der Waals surface area contributed by atoms with E-state index in [9.17, 15) is 18.0 Å². The minimum absolute atomic E-state index is 0.145. The Bertz CT molecular complexity index is 405. The van der Waals surface area contributed by atoms with Crippen LogP contribution in [0.5, 0.6) is 0 Å². The summed E-state index contributed by atoms with van der Waals surface area (Å²) in [5, 5.41) is 2.12. The average Bonchev–Trinajstić information content (AvgIpc) is 2.14. The number of rotatable bonds is 3. The molecule has 0 saturated carbocycles. The zero-order valence-corrected chi connectivity index (χ0v) is 9.25. The predicted octanol–water partition coefficient (Wildman–Crippen LogP) is 1.43. The molecule has 1 heterocycles. The van der Waals surface area contributed by atoms with Gasteiger partial charge in [0.05, 0.1) is 6.20 Å². The Kier molecular flexibility index (Phi) is 3.87. The highest BCUT2D eigenvalue weighted by Gasteiger charge is 2.31. The van der Waals surface area contributed by atoms with Crippen molar-refractivity contribution >= 4 is 17.4 Å². The Balaban J connectivity index is 2.78. The second-order valence-electron chi connectivity index (χ2n) is 3.49. The predicted molar refractivity (Wildman–Crippen MR) is 55.7 cm³/mol. The summed E-state index contributed by atoms with van der Waals surface area (Å²) in [6.45, 7) is 0. The molecule has 1 aromatic rings. The fourth-order valence-corrected chi connectivity index (χ4v) is 1.14. The van der Waals surface area contributed by atoms with Crippen LogP contribution in [0.15, 0.2) is 12.5 Å². The normalized spacial score (nSPS) is 11.1. The number of halogens is 3. The molecular formula is C9H11F3N4O. The molecule has 1 amide bonds. The average molecular weight is 248 g/mol. The summed E-state index contributed by atoms with van der Waals surface area (Å²) in [6.07, 6.45) is -3.57. The smallest absolute Gasteiger partial charge is 0.361 e. The molecule has 0 fully saturated rings. The number of carbonyl (C=O) groups is 1. The zero-order chi connectivity index (χ0) is 13.1. The van der Waals surface area contributed by atoms with E-state index >= 15 is 0 Å². The monoisotopic (exact) mass is 248 g/mol. The van der Waals surface area contributed by atoms with Crippen molar-refractivity contribution in [3.63, 3.8) is 0 Å². The summed E-state index contributed by atoms with van der Waals surface area (Å²) in [6, 6.07) is 0. The molecule has 0 unspecified atom stereocenters. The van der Waals surface area contributed by atoms with Crippen LogP contribution >= 0.6 is 0 Å². The summed E-state index contributed by atoms with van der Waals surface area (Å²) in [4.78, 5) is 20.1. The molecule has 0 aliphatic rings. The maximum atomic E-state index is 12.0. The van der Waals surface area contributed by atoms with E-state index in [0.29, 0.717) is 5.82 Å². The van der Waals surface area contributed by atoms with Gasteiger partial charge in [0.25, 0.3) is 0 Å². The third kappa shape index (κ3) is 4.25. The minimum Gasteiger partial charge on any atom is -0.361 e. The van der Waals surface area contributed by atoms with Crippen LogP contribution in [0, 0.1) is 0 Å². The van der Waals surface area contributed by atoms with Crippen molar-refractivity contribution in [3.05, 3.63) is 12.5 Å². The number of amides is 1. The first-order valence-corrected chi connectivity index (χ1v) is 4.63. The van der Waals surface area contributed by atoms with E-state index in [0.717, 1.165) is 0 Å². The third-order valence-corrected chi connectivity index (χ3v) is 1.75. The van der Waals surface area contributed by atoms with E-state index in [1.54, 1.807) is 19.0 Å². The minimum atomic E-state index is -4.53. The van der Waals surface area contributed by atoms with Crippen LogP contribution < -0.4 is 10.2 Å². The van der Waals surface area contributed by atoms with Gasteiger partial charge in [-0.1, -0.05) is 0 Å². The van der Waals surface area contributed by atoms with E-state index in [2.05, 4.69) is 15.3 Å². The van der Waals surface area contributed by atoms with Crippen molar-refractivity contribution in [1.82, 2.24) is 9.97 Å². The number of hydrogen-bond acceptors (Lipinski definition) is 4. The molecule has 8 heteroatoms. The first-order valence-electron chi connectivity index (χ1n) is 4.63. The van der Waals surface area contributed by atoms with E-state index < -0.39 is 18.5 Å². The van der Waals surface area contributed by atoms with Crippen LogP contribution in [0.4, 0.5) is 24.7 Å². The van der Waals surface area contributed by atoms with Gasteiger partial charge >= 0.3 is 6.18 Å². The summed E-state index contributed by atoms with van der Waals surface area (Å²) >= 11 is 0. The highest BCUT2D eigenvalue weighted by molar-refractivity contribution is 5.93. The molecule has 1 N–H and O–H groups in total. The van der Waals surface area contributed by atoms with Crippen molar-refractivity contribution in [3.8, 4) is 0 Å². The first kappa shape index (κ1) is 13.2. The van der Waals surface area contributed by atoms with Gasteiger partial charge in [-0.15, -0.1) is 0 Å². The molecule has 17 heavy (non-hydrogen) atoms. The van der Waals surface area contributed by atoms with Gasteiger partial charge in [0, 0.05) is 14.1 Å². The van der Waals surface area contributed by atoms with Gasteiger partial charge in [0.15, 0.2) is 5.82 Å². The van der Waals surface area contributed by atoms with Crippen molar-refractivity contribution in [2.45, 2.75) is 12.6 Å². The molecule has 0 atom stereocenters. The lowest BCUT2D eigenvalue weighted by Gasteiger charge is -2.15. The summed E-state index contributed by atoms with van der Waals surface area (Å²) in [5.74, 6) is -0.800. The van der Waals surface area contributed by atoms with Gasteiger partial charge in [-0.3, -0.25) is 4.79 Å². The topological polar surface area (TPSA) is 58.1 Å². The molecule has 0 aromatic carbocycles. The fraction of sp³-hybridized carbons (Fsp3) is 0.444. The lowest BCUT2D eigenvalue weighted by molar-refractivity contribution is -0.150. The molecule has 0 bridgehead atoms. The lowest BCUT2D eigenvalue weighted by Crippen LogP contribution is -2.23. The van der Waals surface area contributed by atoms with Crippen molar-refractivity contribution in [1.29, 1.82) is 0 Å². The zero-order valence-electron chi connectivity index (χ0n) is 9.25. The molecule has 0 aliphatic heterocycles. The standard InChI is InChI=1S/C9H11F3N4O/c1-16(2)8-6(4-13-5-14-8)15-7(17)3-9(10,11)12/h4-5H,3H2,1-2H3,(H,15,17). The van der Waals surface area contributed by atoms with Crippen LogP contribution in [0.1, 0.15) is 6.42 Å². The largest absolute Gasteiger partial charge is 0.397 e. The van der Waals surface area contributed by atoms with E-state index in [4.69, 9.17) is 0 Å². The maximum absolute atomic E-state index is 12.0. The van der Waals surface area contributed by atoms with Crippen LogP contribution in [0.3, 0.4) is 0 Å². The van der Waals surface area contributed by atoms with Gasteiger partial charge in [0.1, 0.15) is 18.4 Å². The number of aromatic nitrogens is 2. The number of nitrogens with one attached hydrogen (secondary N) is 1. The second-order valence-corrected chi connectivity index (χ2v) is 3.49. The SMILES string of the molecule is CN(C)c1ncncc1NC(=O)CC(F)(F)F. The first-order chi connectivity index (χ1) is 7.79. The Morgan fingerprint density at radius 2 is 2.12 bits per heavy atom. The maximum Gasteiger partial charge on any atom is 0.397 e. The quantitative estimate of drug-likeness (QED) is 0.879. The molecular weight excluding hydrogens is 237 g/mol. The number of anilines is 2. The van der Waals surface area contributed by atoms with Crippen LogP contribution in [-0.4, -0.2) is 36.1 Å². The van der Waals surface area contributed by atoms with Gasteiger partial charge < -0.3 is 10.2 Å². The molecule has 94 valence electrons. The molecule has 0 saturated heterocycles. The molecule has 0 aliphatic carbocycles. The molecule has 0 spiro atoms. The Labute approximate surface area is 95.7 Å². The molecule has 5 nitrogen and oxygen atoms in total. The fourth-order valence-electron chi connectivity index (χ4n) is 1.14. The highest BCUT2D eigenvalue weighted by atomic mass is 19.4. The summed E-state index contributed by atoms with van der Waals surface area (Å²) < 4.78 is 35.9. The van der Waals surface area contributed by atoms with Crippen molar-refractivity contribution in [2.75, 3.05) is 24.3 Å². The summed E-state index contributed by atoms with van der Waals surface area (Å²) in [7, 11) is 3.31. The number of hydrogen-bond donors (Lipinski definition) is 1. The third-order valence-electron chi connectivity index (χ3n) is 1.75. The summed E-state index contributed by atoms with van der Waals surface area (Å²) in [5.41, 5.74) is 0.145. The van der Waals surface area contributed by atoms with Gasteiger partial charge in [-0.05, 0) is 0 Å². The highest BCUT2D eigenvalue weighted by Crippen LogP contribution is 2.23. The second kappa shape index (κ2) is 4.98.